The first kappa shape index (κ1) is 12.0. The molecule has 2 radical (unpaired) electrons. The van der Waals surface area contributed by atoms with Crippen LogP contribution in [0.4, 0.5) is 0 Å². The van der Waals surface area contributed by atoms with Crippen LogP contribution in [0.5, 0.6) is 0 Å². The number of rotatable bonds is 4. The normalized spacial score (nSPS) is 13.4. The van der Waals surface area contributed by atoms with Gasteiger partial charge in [-0.15, -0.1) is 22.1 Å². The molecule has 0 aliphatic carbocycles. The molecule has 0 nitrogen and oxygen atoms in total. The van der Waals surface area contributed by atoms with Crippen molar-refractivity contribution in [2.24, 2.45) is 0 Å². The molecule has 0 N–H and O–H groups in total. The molecule has 0 fully saturated rings. The first-order valence-corrected chi connectivity index (χ1v) is 7.54. The fourth-order valence-corrected chi connectivity index (χ4v) is 2.64. The van der Waals surface area contributed by atoms with Crippen molar-refractivity contribution < 1.29 is 0 Å². The first-order valence-electron chi connectivity index (χ1n) is 4.65. The Morgan fingerprint density at radius 1 is 1.42 bits per heavy atom. The van der Waals surface area contributed by atoms with Gasteiger partial charge in [0.15, 0.2) is 0 Å². The molecule has 0 aromatic carbocycles. The maximum absolute atomic E-state index is 5.55. The molecule has 0 atom stereocenters. The maximum atomic E-state index is 5.55. The van der Waals surface area contributed by atoms with Crippen molar-refractivity contribution in [1.29, 1.82) is 0 Å². The Hall–Kier alpha value is 0.0125. The third-order valence-electron chi connectivity index (χ3n) is 2.01. The van der Waals surface area contributed by atoms with E-state index in [-0.39, 0.29) is 0 Å². The van der Waals surface area contributed by atoms with Crippen LogP contribution in [-0.4, -0.2) is 14.1 Å². The van der Waals surface area contributed by atoms with Crippen molar-refractivity contribution >= 4 is 14.1 Å². The Morgan fingerprint density at radius 3 is 2.33 bits per heavy atom. The van der Waals surface area contributed by atoms with Crippen LogP contribution in [0, 0.1) is 6.92 Å². The predicted octanol–water partition coefficient (Wildman–Crippen LogP) is 3.66. The second-order valence-corrected chi connectivity index (χ2v) is 6.56. The van der Waals surface area contributed by atoms with Gasteiger partial charge in [-0.1, -0.05) is 11.6 Å². The zero-order chi connectivity index (χ0) is 9.56. The third kappa shape index (κ3) is 5.64. The summed E-state index contributed by atoms with van der Waals surface area (Å²) in [6, 6.07) is 0. The van der Waals surface area contributed by atoms with Crippen molar-refractivity contribution in [1.82, 2.24) is 0 Å². The van der Waals surface area contributed by atoms with Crippen LogP contribution in [0.3, 0.4) is 0 Å². The fraction of sp³-hybridized carbons (Fsp3) is 0.545. The van der Waals surface area contributed by atoms with Crippen LogP contribution < -0.4 is 0 Å². The zero-order valence-corrected chi connectivity index (χ0v) is 9.88. The van der Waals surface area contributed by atoms with Crippen molar-refractivity contribution in [3.05, 3.63) is 29.1 Å². The molecule has 0 aromatic rings. The van der Waals surface area contributed by atoms with E-state index < -0.39 is 14.1 Å². The van der Waals surface area contributed by atoms with E-state index in [0.29, 0.717) is 0 Å². The Bertz CT molecular complexity index is 171. The molecule has 0 saturated heterocycles. The summed E-state index contributed by atoms with van der Waals surface area (Å²) in [7, 11) is 0. The molecular weight excluding hydrogens is 159 g/mol. The predicted molar refractivity (Wildman–Crippen MR) is 58.5 cm³/mol. The van der Waals surface area contributed by atoms with Gasteiger partial charge in [-0.3, -0.25) is 0 Å². The largest absolute Gasteiger partial charge is 0.292 e. The minimum Gasteiger partial charge on any atom is -0.135 e. The van der Waals surface area contributed by atoms with Gasteiger partial charge in [0.25, 0.3) is 14.1 Å². The van der Waals surface area contributed by atoms with Crippen LogP contribution in [-0.2, 0) is 0 Å². The van der Waals surface area contributed by atoms with Gasteiger partial charge in [0, 0.05) is 0 Å². The van der Waals surface area contributed by atoms with Gasteiger partial charge in [0.05, 0.1) is 0 Å². The lowest BCUT2D eigenvalue weighted by molar-refractivity contribution is 1.01. The molecule has 0 rings (SSSR count). The maximum Gasteiger partial charge on any atom is 0.292 e. The highest BCUT2D eigenvalue weighted by molar-refractivity contribution is 6.63. The average molecular weight is 178 g/mol. The summed E-state index contributed by atoms with van der Waals surface area (Å²) < 4.78 is 1.66. The Labute approximate surface area is 81.8 Å². The molecule has 0 heterocycles. The van der Waals surface area contributed by atoms with E-state index >= 15 is 0 Å². The minimum absolute atomic E-state index is 0.557. The fourth-order valence-electron chi connectivity index (χ4n) is 1.23. The lowest BCUT2D eigenvalue weighted by atomic mass is 10.2. The van der Waals surface area contributed by atoms with E-state index in [1.807, 2.05) is 6.92 Å². The van der Waals surface area contributed by atoms with Crippen molar-refractivity contribution in [3.8, 4) is 0 Å². The van der Waals surface area contributed by atoms with Gasteiger partial charge < -0.3 is 0 Å². The lowest BCUT2D eigenvalue weighted by Gasteiger charge is -2.05. The van der Waals surface area contributed by atoms with Gasteiger partial charge in [-0.25, -0.2) is 0 Å². The lowest BCUT2D eigenvalue weighted by Crippen LogP contribution is -2.04. The number of hydrogen-bond donors (Lipinski definition) is 0. The number of hydrogen-bond acceptors (Lipinski definition) is 0. The molecule has 0 spiro atoms. The van der Waals surface area contributed by atoms with Gasteiger partial charge >= 0.3 is 0 Å². The molecule has 0 aliphatic heterocycles. The highest BCUT2D eigenvalue weighted by atomic mass is 27.2. The summed E-state index contributed by atoms with van der Waals surface area (Å²) >= 11 is -0.557. The summed E-state index contributed by atoms with van der Waals surface area (Å²) in [4.78, 5) is 0. The molecule has 0 bridgehead atoms. The highest BCUT2D eigenvalue weighted by Gasteiger charge is 2.06. The van der Waals surface area contributed by atoms with E-state index in [0.717, 1.165) is 12.0 Å². The molecule has 12 heavy (non-hydrogen) atoms. The van der Waals surface area contributed by atoms with Gasteiger partial charge in [-0.2, -0.15) is 0 Å². The highest BCUT2D eigenvalue weighted by Crippen LogP contribution is 2.10. The quantitative estimate of drug-likeness (QED) is 0.576. The van der Waals surface area contributed by atoms with Crippen molar-refractivity contribution in [3.63, 3.8) is 0 Å². The van der Waals surface area contributed by atoms with Crippen molar-refractivity contribution in [2.45, 2.75) is 38.3 Å². The molecular formula is C11H19Al. The van der Waals surface area contributed by atoms with Gasteiger partial charge in [0.1, 0.15) is 0 Å². The topological polar surface area (TPSA) is 0 Å². The Morgan fingerprint density at radius 2 is 2.00 bits per heavy atom. The molecule has 0 aromatic heterocycles. The Balaban J connectivity index is 3.84. The second-order valence-electron chi connectivity index (χ2n) is 3.51. The zero-order valence-electron chi connectivity index (χ0n) is 8.72. The van der Waals surface area contributed by atoms with Gasteiger partial charge in [0.2, 0.25) is 0 Å². The van der Waals surface area contributed by atoms with E-state index in [9.17, 15) is 0 Å². The molecule has 1 heteroatoms. The van der Waals surface area contributed by atoms with Crippen LogP contribution in [0.25, 0.3) is 0 Å². The molecule has 0 unspecified atom stereocenters. The molecule has 66 valence electrons. The summed E-state index contributed by atoms with van der Waals surface area (Å²) in [6.45, 7) is 9.64. The van der Waals surface area contributed by atoms with Crippen LogP contribution >= 0.6 is 0 Å². The summed E-state index contributed by atoms with van der Waals surface area (Å²) in [5.41, 5.74) is 0.941. The van der Waals surface area contributed by atoms with Crippen LogP contribution in [0.1, 0.15) is 26.7 Å². The molecule has 0 aliphatic rings. The standard InChI is InChI=1S/C9H13.2CH3.Al/c1-4-5-6-7-8-9(2)3;;;/h2,4,8H,6-7H2,1,3H3;2*1H3;/b5-4?,9-8-;;;. The minimum atomic E-state index is -0.557. The monoisotopic (exact) mass is 178 g/mol. The third-order valence-corrected chi connectivity index (χ3v) is 4.12. The average Bonchev–Trinajstić information content (AvgIpc) is 1.96. The summed E-state index contributed by atoms with van der Waals surface area (Å²) in [5, 5.41) is 0. The van der Waals surface area contributed by atoms with Crippen LogP contribution in [0.2, 0.25) is 11.6 Å². The van der Waals surface area contributed by atoms with Crippen molar-refractivity contribution in [2.75, 3.05) is 0 Å². The number of allylic oxidation sites excluding steroid dienone is 4. The summed E-state index contributed by atoms with van der Waals surface area (Å²) in [6.07, 6.45) is 6.69. The van der Waals surface area contributed by atoms with E-state index in [4.69, 9.17) is 6.92 Å². The Kier molecular flexibility index (Phi) is 6.53. The molecule has 0 saturated carbocycles. The summed E-state index contributed by atoms with van der Waals surface area (Å²) in [5.74, 6) is 4.74. The second kappa shape index (κ2) is 6.52. The van der Waals surface area contributed by atoms with E-state index in [2.05, 4.69) is 30.6 Å². The smallest absolute Gasteiger partial charge is 0.135 e. The molecule has 0 amide bonds. The van der Waals surface area contributed by atoms with Crippen LogP contribution in [0.15, 0.2) is 22.2 Å². The van der Waals surface area contributed by atoms with E-state index in [1.54, 1.807) is 4.44 Å². The van der Waals surface area contributed by atoms with Gasteiger partial charge in [-0.05, 0) is 33.6 Å². The van der Waals surface area contributed by atoms with E-state index in [1.165, 1.54) is 6.42 Å². The SMILES string of the molecule is [CH]/C(C)=C/CC/[C](=C/C)[Al]([CH3])[CH3]. The first-order chi connectivity index (χ1) is 5.57.